The Kier molecular flexibility index (Phi) is 8.08. The highest BCUT2D eigenvalue weighted by molar-refractivity contribution is 7.92. The summed E-state index contributed by atoms with van der Waals surface area (Å²) in [5.74, 6) is -1.36. The number of nitro groups is 1. The maximum Gasteiger partial charge on any atom is 0.340 e. The van der Waals surface area contributed by atoms with E-state index in [-0.39, 0.29) is 27.9 Å². The van der Waals surface area contributed by atoms with Crippen molar-refractivity contribution in [3.63, 3.8) is 0 Å². The third-order valence-electron chi connectivity index (χ3n) is 4.19. The first-order valence-electron chi connectivity index (χ1n) is 9.47. The topological polar surface area (TPSA) is 145 Å². The van der Waals surface area contributed by atoms with Crippen molar-refractivity contribution in [2.45, 2.75) is 37.6 Å². The van der Waals surface area contributed by atoms with Crippen molar-refractivity contribution < 1.29 is 27.7 Å². The molecule has 0 saturated heterocycles. The summed E-state index contributed by atoms with van der Waals surface area (Å²) in [5.41, 5.74) is -0.580. The lowest BCUT2D eigenvalue weighted by atomic mass is 10.2. The fourth-order valence-electron chi connectivity index (χ4n) is 2.75. The Bertz CT molecular complexity index is 1070. The fraction of sp³-hybridized carbons (Fsp3) is 0.300. The molecule has 11 heteroatoms. The van der Waals surface area contributed by atoms with Gasteiger partial charge in [0.25, 0.3) is 21.6 Å². The second-order valence-electron chi connectivity index (χ2n) is 6.74. The van der Waals surface area contributed by atoms with E-state index in [0.717, 1.165) is 25.0 Å². The Morgan fingerprint density at radius 3 is 2.55 bits per heavy atom. The van der Waals surface area contributed by atoms with E-state index in [1.807, 2.05) is 13.8 Å². The highest BCUT2D eigenvalue weighted by atomic mass is 32.2. The van der Waals surface area contributed by atoms with E-state index in [1.165, 1.54) is 36.4 Å². The fourth-order valence-corrected chi connectivity index (χ4v) is 3.87. The number of nitrogens with one attached hydrogen (secondary N) is 2. The summed E-state index contributed by atoms with van der Waals surface area (Å²) in [6, 6.07) is 10.1. The smallest absolute Gasteiger partial charge is 0.340 e. The molecular weight excluding hydrogens is 426 g/mol. The van der Waals surface area contributed by atoms with E-state index in [0.29, 0.717) is 0 Å². The molecular formula is C20H23N3O7S. The van der Waals surface area contributed by atoms with E-state index in [4.69, 9.17) is 4.74 Å². The molecule has 0 saturated carbocycles. The minimum atomic E-state index is -4.22. The molecule has 1 unspecified atom stereocenters. The van der Waals surface area contributed by atoms with Crippen LogP contribution in [0.4, 0.5) is 11.4 Å². The lowest BCUT2D eigenvalue weighted by Gasteiger charge is -2.14. The first-order chi connectivity index (χ1) is 14.6. The number of nitrogens with zero attached hydrogens (tertiary/aromatic N) is 1. The van der Waals surface area contributed by atoms with E-state index in [1.54, 1.807) is 0 Å². The molecule has 0 heterocycles. The minimum absolute atomic E-state index is 0.0646. The molecule has 0 radical (unpaired) electrons. The van der Waals surface area contributed by atoms with Crippen LogP contribution in [0.15, 0.2) is 53.4 Å². The van der Waals surface area contributed by atoms with Gasteiger partial charge in [-0.2, -0.15) is 0 Å². The third-order valence-corrected chi connectivity index (χ3v) is 5.56. The minimum Gasteiger partial charge on any atom is -0.452 e. The lowest BCUT2D eigenvalue weighted by molar-refractivity contribution is -0.385. The molecule has 1 atom stereocenters. The van der Waals surface area contributed by atoms with Crippen LogP contribution in [-0.4, -0.2) is 37.9 Å². The number of para-hydroxylation sites is 1. The molecule has 2 N–H and O–H groups in total. The van der Waals surface area contributed by atoms with Gasteiger partial charge in [0.1, 0.15) is 0 Å². The molecule has 0 aliphatic carbocycles. The van der Waals surface area contributed by atoms with Gasteiger partial charge in [-0.1, -0.05) is 31.5 Å². The van der Waals surface area contributed by atoms with Crippen LogP contribution < -0.4 is 10.0 Å². The van der Waals surface area contributed by atoms with Crippen molar-refractivity contribution in [1.82, 2.24) is 5.32 Å². The van der Waals surface area contributed by atoms with Crippen LogP contribution in [0.2, 0.25) is 0 Å². The largest absolute Gasteiger partial charge is 0.452 e. The van der Waals surface area contributed by atoms with E-state index < -0.39 is 33.4 Å². The van der Waals surface area contributed by atoms with Crippen LogP contribution in [0.5, 0.6) is 0 Å². The van der Waals surface area contributed by atoms with Crippen molar-refractivity contribution in [3.05, 3.63) is 64.2 Å². The van der Waals surface area contributed by atoms with Gasteiger partial charge in [0.05, 0.1) is 21.1 Å². The van der Waals surface area contributed by atoms with E-state index >= 15 is 0 Å². The van der Waals surface area contributed by atoms with Gasteiger partial charge in [0.15, 0.2) is 6.61 Å². The summed E-state index contributed by atoms with van der Waals surface area (Å²) in [6.07, 6.45) is 1.67. The van der Waals surface area contributed by atoms with Gasteiger partial charge in [-0.05, 0) is 31.5 Å². The quantitative estimate of drug-likeness (QED) is 0.322. The highest BCUT2D eigenvalue weighted by Crippen LogP contribution is 2.23. The number of nitro benzene ring substituents is 1. The first kappa shape index (κ1) is 23.8. The summed E-state index contributed by atoms with van der Waals surface area (Å²) in [5, 5.41) is 13.6. The maximum atomic E-state index is 12.7. The number of rotatable bonds is 10. The molecule has 1 amide bonds. The molecule has 0 fully saturated rings. The summed E-state index contributed by atoms with van der Waals surface area (Å²) in [6.45, 7) is 3.30. The number of hydrogen-bond acceptors (Lipinski definition) is 7. The van der Waals surface area contributed by atoms with Crippen molar-refractivity contribution >= 4 is 33.3 Å². The average Bonchev–Trinajstić information content (AvgIpc) is 2.72. The number of non-ortho nitro benzene ring substituents is 1. The Morgan fingerprint density at radius 2 is 1.87 bits per heavy atom. The van der Waals surface area contributed by atoms with E-state index in [9.17, 15) is 28.1 Å². The standard InChI is InChI=1S/C20H23N3O7S/c1-3-7-14(2)21-19(24)13-30-20(25)17-10-4-5-11-18(17)22-31(28,29)16-9-6-8-15(12-16)23(26)27/h4-6,8-12,14,22H,3,7,13H2,1-2H3,(H,21,24). The van der Waals surface area contributed by atoms with Crippen molar-refractivity contribution in [2.24, 2.45) is 0 Å². The molecule has 2 rings (SSSR count). The zero-order valence-corrected chi connectivity index (χ0v) is 17.8. The van der Waals surface area contributed by atoms with Crippen LogP contribution in [0, 0.1) is 10.1 Å². The van der Waals surface area contributed by atoms with Crippen LogP contribution in [-0.2, 0) is 19.6 Å². The summed E-state index contributed by atoms with van der Waals surface area (Å²) in [7, 11) is -4.22. The van der Waals surface area contributed by atoms with Gasteiger partial charge in [0.2, 0.25) is 0 Å². The zero-order chi connectivity index (χ0) is 23.0. The Balaban J connectivity index is 2.14. The number of esters is 1. The van der Waals surface area contributed by atoms with Crippen LogP contribution in [0.25, 0.3) is 0 Å². The molecule has 166 valence electrons. The third kappa shape index (κ3) is 6.78. The van der Waals surface area contributed by atoms with Crippen LogP contribution >= 0.6 is 0 Å². The summed E-state index contributed by atoms with van der Waals surface area (Å²) >= 11 is 0. The molecule has 0 spiro atoms. The molecule has 0 aliphatic rings. The molecule has 10 nitrogen and oxygen atoms in total. The second kappa shape index (κ2) is 10.5. The number of amides is 1. The molecule has 2 aromatic carbocycles. The summed E-state index contributed by atoms with van der Waals surface area (Å²) < 4.78 is 32.5. The lowest BCUT2D eigenvalue weighted by Crippen LogP contribution is -2.35. The molecule has 31 heavy (non-hydrogen) atoms. The second-order valence-corrected chi connectivity index (χ2v) is 8.42. The Morgan fingerprint density at radius 1 is 1.16 bits per heavy atom. The van der Waals surface area contributed by atoms with Gasteiger partial charge < -0.3 is 10.1 Å². The molecule has 0 aliphatic heterocycles. The Hall–Kier alpha value is -3.47. The average molecular weight is 449 g/mol. The first-order valence-corrected chi connectivity index (χ1v) is 10.9. The van der Waals surface area contributed by atoms with Crippen LogP contribution in [0.1, 0.15) is 37.0 Å². The van der Waals surface area contributed by atoms with Crippen molar-refractivity contribution in [2.75, 3.05) is 11.3 Å². The van der Waals surface area contributed by atoms with E-state index in [2.05, 4.69) is 10.0 Å². The molecule has 0 aromatic heterocycles. The van der Waals surface area contributed by atoms with Gasteiger partial charge in [-0.25, -0.2) is 13.2 Å². The number of ether oxygens (including phenoxy) is 1. The highest BCUT2D eigenvalue weighted by Gasteiger charge is 2.22. The van der Waals surface area contributed by atoms with Crippen molar-refractivity contribution in [3.8, 4) is 0 Å². The SMILES string of the molecule is CCCC(C)NC(=O)COC(=O)c1ccccc1NS(=O)(=O)c1cccc([N+](=O)[O-])c1. The predicted octanol–water partition coefficient (Wildman–Crippen LogP) is 2.86. The zero-order valence-electron chi connectivity index (χ0n) is 17.0. The van der Waals surface area contributed by atoms with Crippen molar-refractivity contribution in [1.29, 1.82) is 0 Å². The molecule has 2 aromatic rings. The van der Waals surface area contributed by atoms with Gasteiger partial charge in [-0.3, -0.25) is 19.6 Å². The number of sulfonamides is 1. The monoisotopic (exact) mass is 449 g/mol. The normalized spacial score (nSPS) is 11.9. The number of carbonyl (C=O) groups is 2. The predicted molar refractivity (Wildman–Crippen MR) is 113 cm³/mol. The maximum absolute atomic E-state index is 12.7. The van der Waals surface area contributed by atoms with Crippen LogP contribution in [0.3, 0.4) is 0 Å². The number of anilines is 1. The number of hydrogen-bond donors (Lipinski definition) is 2. The number of carbonyl (C=O) groups excluding carboxylic acids is 2. The van der Waals surface area contributed by atoms with Gasteiger partial charge >= 0.3 is 5.97 Å². The van der Waals surface area contributed by atoms with Gasteiger partial charge in [0, 0.05) is 18.2 Å². The summed E-state index contributed by atoms with van der Waals surface area (Å²) in [4.78, 5) is 34.2. The molecule has 0 bridgehead atoms. The van der Waals surface area contributed by atoms with Gasteiger partial charge in [-0.15, -0.1) is 0 Å². The Labute approximate surface area is 179 Å². The number of benzene rings is 2.